The number of rotatable bonds is 5. The number of nitrogens with zero attached hydrogens (tertiary/aromatic N) is 1. The van der Waals surface area contributed by atoms with Crippen LogP contribution in [0.15, 0.2) is 10.3 Å². The van der Waals surface area contributed by atoms with Crippen LogP contribution >= 0.6 is 11.3 Å². The van der Waals surface area contributed by atoms with Crippen molar-refractivity contribution in [2.24, 2.45) is 0 Å². The molecule has 7 heteroatoms. The summed E-state index contributed by atoms with van der Waals surface area (Å²) in [4.78, 5) is 11.9. The molecule has 1 rings (SSSR count). The highest BCUT2D eigenvalue weighted by atomic mass is 32.2. The Hall–Kier alpha value is -0.920. The molecule has 0 aromatic carbocycles. The second-order valence-corrected chi connectivity index (χ2v) is 7.16. The quantitative estimate of drug-likeness (QED) is 0.783. The van der Waals surface area contributed by atoms with E-state index in [2.05, 4.69) is 4.74 Å². The Labute approximate surface area is 118 Å². The predicted molar refractivity (Wildman–Crippen MR) is 75.1 cm³/mol. The first-order valence-electron chi connectivity index (χ1n) is 5.91. The van der Waals surface area contributed by atoms with E-state index in [9.17, 15) is 13.2 Å². The summed E-state index contributed by atoms with van der Waals surface area (Å²) in [7, 11) is -0.909. The largest absolute Gasteiger partial charge is 0.465 e. The topological polar surface area (TPSA) is 63.7 Å². The van der Waals surface area contributed by atoms with Gasteiger partial charge in [0.1, 0.15) is 9.77 Å². The lowest BCUT2D eigenvalue weighted by atomic mass is 10.3. The Morgan fingerprint density at radius 2 is 2.11 bits per heavy atom. The van der Waals surface area contributed by atoms with Gasteiger partial charge in [-0.15, -0.1) is 11.3 Å². The van der Waals surface area contributed by atoms with Gasteiger partial charge in [0.05, 0.1) is 7.11 Å². The standard InChI is InChI=1S/C12H19NO4S2/c1-6-9(3)13(4)19(15,16)11-8(2)7-18-10(11)12(14)17-5/h7,9H,6H2,1-5H3. The second-order valence-electron chi connectivity index (χ2n) is 4.35. The second kappa shape index (κ2) is 6.02. The van der Waals surface area contributed by atoms with Crippen molar-refractivity contribution in [3.63, 3.8) is 0 Å². The van der Waals surface area contributed by atoms with E-state index < -0.39 is 16.0 Å². The molecule has 5 nitrogen and oxygen atoms in total. The molecule has 0 N–H and O–H groups in total. The number of thiophene rings is 1. The summed E-state index contributed by atoms with van der Waals surface area (Å²) in [6.07, 6.45) is 0.701. The molecule has 0 saturated heterocycles. The van der Waals surface area contributed by atoms with Crippen LogP contribution in [0.1, 0.15) is 35.5 Å². The van der Waals surface area contributed by atoms with Crippen LogP contribution in [0.3, 0.4) is 0 Å². The number of hydrogen-bond acceptors (Lipinski definition) is 5. The fourth-order valence-electron chi connectivity index (χ4n) is 1.63. The molecule has 19 heavy (non-hydrogen) atoms. The summed E-state index contributed by atoms with van der Waals surface area (Å²) in [5.41, 5.74) is 0.570. The summed E-state index contributed by atoms with van der Waals surface area (Å²) in [5, 5.41) is 1.66. The third kappa shape index (κ3) is 2.98. The highest BCUT2D eigenvalue weighted by Gasteiger charge is 2.32. The number of ether oxygens (including phenoxy) is 1. The van der Waals surface area contributed by atoms with Crippen molar-refractivity contribution in [2.75, 3.05) is 14.2 Å². The minimum Gasteiger partial charge on any atom is -0.465 e. The van der Waals surface area contributed by atoms with Gasteiger partial charge in [-0.2, -0.15) is 4.31 Å². The van der Waals surface area contributed by atoms with Gasteiger partial charge < -0.3 is 4.74 Å². The average molecular weight is 305 g/mol. The number of esters is 1. The minimum atomic E-state index is -3.68. The van der Waals surface area contributed by atoms with Crippen molar-refractivity contribution >= 4 is 27.3 Å². The van der Waals surface area contributed by atoms with E-state index in [0.717, 1.165) is 11.3 Å². The summed E-state index contributed by atoms with van der Waals surface area (Å²) in [6, 6.07) is -0.130. The predicted octanol–water partition coefficient (Wildman–Crippen LogP) is 2.26. The van der Waals surface area contributed by atoms with Gasteiger partial charge in [0.2, 0.25) is 10.0 Å². The fraction of sp³-hybridized carbons (Fsp3) is 0.583. The number of carbonyl (C=O) groups excluding carboxylic acids is 1. The molecule has 0 spiro atoms. The van der Waals surface area contributed by atoms with Crippen LogP contribution in [0.5, 0.6) is 0 Å². The van der Waals surface area contributed by atoms with Crippen LogP contribution in [0.25, 0.3) is 0 Å². The van der Waals surface area contributed by atoms with Crippen molar-refractivity contribution in [1.29, 1.82) is 0 Å². The molecule has 1 unspecified atom stereocenters. The van der Waals surface area contributed by atoms with Gasteiger partial charge in [0, 0.05) is 13.1 Å². The first-order chi connectivity index (χ1) is 8.77. The lowest BCUT2D eigenvalue weighted by Crippen LogP contribution is -2.35. The van der Waals surface area contributed by atoms with Crippen LogP contribution in [0.4, 0.5) is 0 Å². The lowest BCUT2D eigenvalue weighted by Gasteiger charge is -2.23. The molecule has 0 aliphatic carbocycles. The van der Waals surface area contributed by atoms with Gasteiger partial charge in [-0.3, -0.25) is 0 Å². The van der Waals surface area contributed by atoms with Crippen molar-refractivity contribution in [2.45, 2.75) is 38.1 Å². The van der Waals surface area contributed by atoms with E-state index >= 15 is 0 Å². The van der Waals surface area contributed by atoms with Gasteiger partial charge in [-0.1, -0.05) is 6.92 Å². The Kier molecular flexibility index (Phi) is 5.11. The van der Waals surface area contributed by atoms with Crippen LogP contribution in [0, 0.1) is 6.92 Å². The van der Waals surface area contributed by atoms with Crippen LogP contribution in [-0.2, 0) is 14.8 Å². The summed E-state index contributed by atoms with van der Waals surface area (Å²) < 4.78 is 31.1. The molecular weight excluding hydrogens is 286 g/mol. The van der Waals surface area contributed by atoms with Gasteiger partial charge in [-0.05, 0) is 31.2 Å². The smallest absolute Gasteiger partial charge is 0.349 e. The first-order valence-corrected chi connectivity index (χ1v) is 8.23. The number of methoxy groups -OCH3 is 1. The summed E-state index contributed by atoms with van der Waals surface area (Å²) in [5.74, 6) is -0.616. The minimum absolute atomic E-state index is 0.0622. The van der Waals surface area contributed by atoms with E-state index in [1.807, 2.05) is 13.8 Å². The molecule has 0 aliphatic heterocycles. The molecule has 1 heterocycles. The molecule has 0 fully saturated rings. The zero-order valence-corrected chi connectivity index (χ0v) is 13.4. The van der Waals surface area contributed by atoms with Gasteiger partial charge in [-0.25, -0.2) is 13.2 Å². The van der Waals surface area contributed by atoms with E-state index in [1.165, 1.54) is 18.5 Å². The fourth-order valence-corrected chi connectivity index (χ4v) is 4.71. The SMILES string of the molecule is CCC(C)N(C)S(=O)(=O)c1c(C)csc1C(=O)OC. The van der Waals surface area contributed by atoms with E-state index in [1.54, 1.807) is 12.3 Å². The zero-order valence-electron chi connectivity index (χ0n) is 11.8. The zero-order chi connectivity index (χ0) is 14.8. The van der Waals surface area contributed by atoms with Crippen molar-refractivity contribution < 1.29 is 17.9 Å². The molecule has 0 saturated carbocycles. The molecule has 1 atom stereocenters. The summed E-state index contributed by atoms with van der Waals surface area (Å²) in [6.45, 7) is 5.43. The Bertz CT molecular complexity index is 562. The molecule has 0 bridgehead atoms. The van der Waals surface area contributed by atoms with Gasteiger partial charge in [0.15, 0.2) is 0 Å². The first kappa shape index (κ1) is 16.1. The third-order valence-corrected chi connectivity index (χ3v) is 6.50. The average Bonchev–Trinajstić information content (AvgIpc) is 2.78. The van der Waals surface area contributed by atoms with Gasteiger partial charge >= 0.3 is 5.97 Å². The van der Waals surface area contributed by atoms with Crippen LogP contribution < -0.4 is 0 Å². The monoisotopic (exact) mass is 305 g/mol. The third-order valence-electron chi connectivity index (χ3n) is 3.14. The van der Waals surface area contributed by atoms with Crippen molar-refractivity contribution in [3.05, 3.63) is 15.8 Å². The number of sulfonamides is 1. The lowest BCUT2D eigenvalue weighted by molar-refractivity contribution is 0.0602. The molecule has 1 aromatic rings. The van der Waals surface area contributed by atoms with Crippen LogP contribution in [-0.4, -0.2) is 38.9 Å². The molecule has 1 aromatic heterocycles. The summed E-state index contributed by atoms with van der Waals surface area (Å²) >= 11 is 1.09. The molecule has 0 radical (unpaired) electrons. The van der Waals surface area contributed by atoms with E-state index in [0.29, 0.717) is 12.0 Å². The molecule has 108 valence electrons. The van der Waals surface area contributed by atoms with Crippen LogP contribution in [0.2, 0.25) is 0 Å². The number of carbonyl (C=O) groups is 1. The molecular formula is C12H19NO4S2. The highest BCUT2D eigenvalue weighted by molar-refractivity contribution is 7.89. The Morgan fingerprint density at radius 3 is 2.58 bits per heavy atom. The molecule has 0 amide bonds. The van der Waals surface area contributed by atoms with Gasteiger partial charge in [0.25, 0.3) is 0 Å². The van der Waals surface area contributed by atoms with E-state index in [4.69, 9.17) is 0 Å². The highest BCUT2D eigenvalue weighted by Crippen LogP contribution is 2.30. The molecule has 0 aliphatic rings. The van der Waals surface area contributed by atoms with E-state index in [-0.39, 0.29) is 15.8 Å². The van der Waals surface area contributed by atoms with Crippen molar-refractivity contribution in [1.82, 2.24) is 4.31 Å². The number of hydrogen-bond donors (Lipinski definition) is 0. The Morgan fingerprint density at radius 1 is 1.53 bits per heavy atom. The number of aryl methyl sites for hydroxylation is 1. The maximum atomic E-state index is 12.6. The maximum absolute atomic E-state index is 12.6. The Balaban J connectivity index is 3.37. The normalized spacial score (nSPS) is 13.6. The van der Waals surface area contributed by atoms with Crippen molar-refractivity contribution in [3.8, 4) is 0 Å². The maximum Gasteiger partial charge on any atom is 0.349 e.